The van der Waals surface area contributed by atoms with Crippen LogP contribution in [-0.2, 0) is 0 Å². The maximum atomic E-state index is 8.10. The molecule has 0 atom stereocenters. The molecule has 0 fully saturated rings. The molecule has 0 aliphatic carbocycles. The number of rotatable bonds is 4. The Morgan fingerprint density at radius 1 is 1.40 bits per heavy atom. The van der Waals surface area contributed by atoms with Crippen molar-refractivity contribution in [2.45, 2.75) is 26.2 Å². The summed E-state index contributed by atoms with van der Waals surface area (Å²) < 4.78 is 0. The van der Waals surface area contributed by atoms with Gasteiger partial charge in [-0.05, 0) is 6.42 Å². The van der Waals surface area contributed by atoms with Gasteiger partial charge < -0.3 is 0 Å². The molecule has 0 saturated carbocycles. The first-order valence-electron chi connectivity index (χ1n) is 3.63. The molecule has 0 aromatic carbocycles. The van der Waals surface area contributed by atoms with Crippen molar-refractivity contribution in [3.63, 3.8) is 0 Å². The van der Waals surface area contributed by atoms with Gasteiger partial charge in [-0.3, -0.25) is 0 Å². The van der Waals surface area contributed by atoms with E-state index in [1.165, 1.54) is 18.9 Å². The molecule has 0 aliphatic rings. The number of nitriles is 1. The van der Waals surface area contributed by atoms with E-state index < -0.39 is 0 Å². The van der Waals surface area contributed by atoms with Crippen LogP contribution in [0.15, 0.2) is 24.3 Å². The Kier molecular flexibility index (Phi) is 7.15. The molecule has 0 aromatic heterocycles. The van der Waals surface area contributed by atoms with Gasteiger partial charge in [0.25, 0.3) is 0 Å². The molecule has 1 heteroatoms. The average molecular weight is 135 g/mol. The number of unbranched alkanes of at least 4 members (excludes halogenated alkanes) is 2. The van der Waals surface area contributed by atoms with Gasteiger partial charge in [0, 0.05) is 6.08 Å². The van der Waals surface area contributed by atoms with Crippen LogP contribution in [0.5, 0.6) is 0 Å². The highest BCUT2D eigenvalue weighted by Crippen LogP contribution is 1.94. The first-order chi connectivity index (χ1) is 4.91. The molecule has 0 radical (unpaired) electrons. The monoisotopic (exact) mass is 135 g/mol. The van der Waals surface area contributed by atoms with E-state index in [9.17, 15) is 0 Å². The lowest BCUT2D eigenvalue weighted by Crippen LogP contribution is -1.64. The maximum absolute atomic E-state index is 8.10. The molecule has 0 rings (SSSR count). The van der Waals surface area contributed by atoms with Crippen molar-refractivity contribution in [1.82, 2.24) is 0 Å². The van der Waals surface area contributed by atoms with E-state index in [0.29, 0.717) is 0 Å². The van der Waals surface area contributed by atoms with Gasteiger partial charge in [-0.2, -0.15) is 5.26 Å². The van der Waals surface area contributed by atoms with Gasteiger partial charge in [-0.25, -0.2) is 0 Å². The van der Waals surface area contributed by atoms with Crippen molar-refractivity contribution in [1.29, 1.82) is 5.26 Å². The zero-order valence-corrected chi connectivity index (χ0v) is 6.38. The molecule has 0 aromatic rings. The minimum Gasteiger partial charge on any atom is -0.193 e. The van der Waals surface area contributed by atoms with Crippen LogP contribution < -0.4 is 0 Å². The van der Waals surface area contributed by atoms with E-state index in [4.69, 9.17) is 5.26 Å². The van der Waals surface area contributed by atoms with Gasteiger partial charge >= 0.3 is 0 Å². The van der Waals surface area contributed by atoms with Crippen LogP contribution in [0.2, 0.25) is 0 Å². The van der Waals surface area contributed by atoms with E-state index in [2.05, 4.69) is 13.0 Å². The van der Waals surface area contributed by atoms with E-state index >= 15 is 0 Å². The third-order valence-corrected chi connectivity index (χ3v) is 1.14. The summed E-state index contributed by atoms with van der Waals surface area (Å²) in [6.07, 6.45) is 10.8. The van der Waals surface area contributed by atoms with Gasteiger partial charge in [0.1, 0.15) is 0 Å². The Morgan fingerprint density at radius 2 is 2.20 bits per heavy atom. The molecule has 0 N–H and O–H groups in total. The smallest absolute Gasteiger partial charge is 0.0912 e. The SMILES string of the molecule is CCCCC=C/C=C/C#N. The Balaban J connectivity index is 3.22. The Bertz CT molecular complexity index is 149. The fraction of sp³-hybridized carbons (Fsp3) is 0.444. The number of hydrogen-bond donors (Lipinski definition) is 0. The van der Waals surface area contributed by atoms with Crippen LogP contribution in [0.25, 0.3) is 0 Å². The largest absolute Gasteiger partial charge is 0.193 e. The predicted molar refractivity (Wildman–Crippen MR) is 43.4 cm³/mol. The van der Waals surface area contributed by atoms with Crippen molar-refractivity contribution >= 4 is 0 Å². The maximum Gasteiger partial charge on any atom is 0.0912 e. The highest BCUT2D eigenvalue weighted by molar-refractivity contribution is 5.11. The Hall–Kier alpha value is -1.03. The molecular formula is C9H13N. The predicted octanol–water partition coefficient (Wildman–Crippen LogP) is 2.81. The minimum absolute atomic E-state index is 1.12. The third kappa shape index (κ3) is 6.97. The Labute approximate surface area is 62.7 Å². The Morgan fingerprint density at radius 3 is 2.80 bits per heavy atom. The molecular weight excluding hydrogens is 122 g/mol. The van der Waals surface area contributed by atoms with Crippen LogP contribution in [0.3, 0.4) is 0 Å². The average Bonchev–Trinajstić information content (AvgIpc) is 1.97. The number of nitrogens with zero attached hydrogens (tertiary/aromatic N) is 1. The molecule has 0 heterocycles. The van der Waals surface area contributed by atoms with E-state index in [0.717, 1.165) is 6.42 Å². The number of allylic oxidation sites excluding steroid dienone is 4. The lowest BCUT2D eigenvalue weighted by atomic mass is 10.2. The standard InChI is InChI=1S/C9H13N/c1-2-3-4-5-6-7-8-9-10/h5-8H,2-4H2,1H3/b6-5?,8-7+. The van der Waals surface area contributed by atoms with E-state index in [1.54, 1.807) is 6.08 Å². The van der Waals surface area contributed by atoms with Crippen molar-refractivity contribution in [2.24, 2.45) is 0 Å². The van der Waals surface area contributed by atoms with Crippen molar-refractivity contribution in [3.05, 3.63) is 24.3 Å². The zero-order chi connectivity index (χ0) is 7.66. The molecule has 0 unspecified atom stereocenters. The summed E-state index contributed by atoms with van der Waals surface area (Å²) in [5, 5.41) is 8.10. The highest BCUT2D eigenvalue weighted by atomic mass is 14.2. The van der Waals surface area contributed by atoms with Gasteiger partial charge in [-0.1, -0.05) is 38.0 Å². The fourth-order valence-electron chi connectivity index (χ4n) is 0.595. The van der Waals surface area contributed by atoms with Crippen LogP contribution in [0, 0.1) is 11.3 Å². The molecule has 10 heavy (non-hydrogen) atoms. The lowest BCUT2D eigenvalue weighted by Gasteiger charge is -1.84. The number of hydrogen-bond acceptors (Lipinski definition) is 1. The summed E-state index contributed by atoms with van der Waals surface area (Å²) in [5.74, 6) is 0. The molecule has 0 saturated heterocycles. The minimum atomic E-state index is 1.12. The van der Waals surface area contributed by atoms with Gasteiger partial charge in [-0.15, -0.1) is 0 Å². The second kappa shape index (κ2) is 7.97. The van der Waals surface area contributed by atoms with Crippen molar-refractivity contribution in [3.8, 4) is 6.07 Å². The lowest BCUT2D eigenvalue weighted by molar-refractivity contribution is 0.815. The van der Waals surface area contributed by atoms with Crippen LogP contribution in [0.1, 0.15) is 26.2 Å². The normalized spacial score (nSPS) is 10.8. The fourth-order valence-corrected chi connectivity index (χ4v) is 0.595. The van der Waals surface area contributed by atoms with Crippen LogP contribution >= 0.6 is 0 Å². The second-order valence-electron chi connectivity index (χ2n) is 2.06. The second-order valence-corrected chi connectivity index (χ2v) is 2.06. The molecule has 0 amide bonds. The summed E-state index contributed by atoms with van der Waals surface area (Å²) in [5.41, 5.74) is 0. The summed E-state index contributed by atoms with van der Waals surface area (Å²) >= 11 is 0. The first kappa shape index (κ1) is 8.97. The van der Waals surface area contributed by atoms with Crippen molar-refractivity contribution < 1.29 is 0 Å². The highest BCUT2D eigenvalue weighted by Gasteiger charge is 1.74. The summed E-state index contributed by atoms with van der Waals surface area (Å²) in [6, 6.07) is 1.93. The van der Waals surface area contributed by atoms with Crippen molar-refractivity contribution in [2.75, 3.05) is 0 Å². The van der Waals surface area contributed by atoms with Gasteiger partial charge in [0.05, 0.1) is 6.07 Å². The quantitative estimate of drug-likeness (QED) is 0.330. The summed E-state index contributed by atoms with van der Waals surface area (Å²) in [7, 11) is 0. The topological polar surface area (TPSA) is 23.8 Å². The molecule has 0 bridgehead atoms. The van der Waals surface area contributed by atoms with Gasteiger partial charge in [0.2, 0.25) is 0 Å². The van der Waals surface area contributed by atoms with Gasteiger partial charge in [0.15, 0.2) is 0 Å². The molecule has 54 valence electrons. The first-order valence-corrected chi connectivity index (χ1v) is 3.63. The summed E-state index contributed by atoms with van der Waals surface area (Å²) in [6.45, 7) is 2.17. The molecule has 0 aliphatic heterocycles. The zero-order valence-electron chi connectivity index (χ0n) is 6.38. The third-order valence-electron chi connectivity index (χ3n) is 1.14. The van der Waals surface area contributed by atoms with E-state index in [1.807, 2.05) is 12.1 Å². The van der Waals surface area contributed by atoms with Crippen LogP contribution in [0.4, 0.5) is 0 Å². The molecule has 1 nitrogen and oxygen atoms in total. The summed E-state index contributed by atoms with van der Waals surface area (Å²) in [4.78, 5) is 0. The van der Waals surface area contributed by atoms with Crippen LogP contribution in [-0.4, -0.2) is 0 Å². The van der Waals surface area contributed by atoms with E-state index in [-0.39, 0.29) is 0 Å². The molecule has 0 spiro atoms.